The number of hydrogen-bond donors (Lipinski definition) is 2. The Bertz CT molecular complexity index is 566. The molecule has 0 radical (unpaired) electrons. The van der Waals surface area contributed by atoms with E-state index in [4.69, 9.17) is 0 Å². The molecule has 6 nitrogen and oxygen atoms in total. The fourth-order valence-corrected chi connectivity index (χ4v) is 3.12. The molecule has 26 heavy (non-hydrogen) atoms. The van der Waals surface area contributed by atoms with Crippen molar-refractivity contribution in [2.24, 2.45) is 0 Å². The molecule has 1 aliphatic rings. The SMILES string of the molecule is CCCCCCC(=O)Nc1ccc(N2CCN(C(=O)NCC)CC2)cc1. The van der Waals surface area contributed by atoms with Crippen LogP contribution >= 0.6 is 0 Å². The third kappa shape index (κ3) is 6.24. The second-order valence-electron chi connectivity index (χ2n) is 6.72. The minimum atomic E-state index is 0.0177. The van der Waals surface area contributed by atoms with Crippen molar-refractivity contribution in [3.05, 3.63) is 24.3 Å². The van der Waals surface area contributed by atoms with Crippen LogP contribution in [0.15, 0.2) is 24.3 Å². The Labute approximate surface area is 156 Å². The highest BCUT2D eigenvalue weighted by atomic mass is 16.2. The molecular formula is C20H32N4O2. The molecule has 1 fully saturated rings. The van der Waals surface area contributed by atoms with E-state index in [1.807, 2.05) is 36.1 Å². The molecule has 0 bridgehead atoms. The summed E-state index contributed by atoms with van der Waals surface area (Å²) in [6, 6.07) is 8.00. The van der Waals surface area contributed by atoms with Crippen molar-refractivity contribution >= 4 is 23.3 Å². The van der Waals surface area contributed by atoms with Crippen LogP contribution in [0.2, 0.25) is 0 Å². The lowest BCUT2D eigenvalue weighted by Gasteiger charge is -2.36. The lowest BCUT2D eigenvalue weighted by molar-refractivity contribution is -0.116. The van der Waals surface area contributed by atoms with Gasteiger partial charge in [0.15, 0.2) is 0 Å². The summed E-state index contributed by atoms with van der Waals surface area (Å²) in [4.78, 5) is 27.9. The van der Waals surface area contributed by atoms with Gasteiger partial charge in [-0.3, -0.25) is 4.79 Å². The molecule has 0 atom stereocenters. The van der Waals surface area contributed by atoms with Crippen LogP contribution in [-0.2, 0) is 4.79 Å². The number of anilines is 2. The average molecular weight is 361 g/mol. The minimum absolute atomic E-state index is 0.0177. The Balaban J connectivity index is 1.77. The molecule has 0 saturated carbocycles. The quantitative estimate of drug-likeness (QED) is 0.698. The molecule has 1 aromatic carbocycles. The molecular weight excluding hydrogens is 328 g/mol. The highest BCUT2D eigenvalue weighted by Crippen LogP contribution is 2.20. The molecule has 144 valence electrons. The predicted octanol–water partition coefficient (Wildman–Crippen LogP) is 3.45. The van der Waals surface area contributed by atoms with Gasteiger partial charge >= 0.3 is 6.03 Å². The monoisotopic (exact) mass is 360 g/mol. The summed E-state index contributed by atoms with van der Waals surface area (Å²) < 4.78 is 0. The smallest absolute Gasteiger partial charge is 0.317 e. The zero-order chi connectivity index (χ0) is 18.8. The number of carbonyl (C=O) groups is 2. The summed E-state index contributed by atoms with van der Waals surface area (Å²) in [7, 11) is 0. The summed E-state index contributed by atoms with van der Waals surface area (Å²) >= 11 is 0. The molecule has 2 N–H and O–H groups in total. The number of nitrogens with zero attached hydrogens (tertiary/aromatic N) is 2. The van der Waals surface area contributed by atoms with Crippen molar-refractivity contribution in [1.82, 2.24) is 10.2 Å². The number of carbonyl (C=O) groups excluding carboxylic acids is 2. The van der Waals surface area contributed by atoms with Crippen LogP contribution in [0.1, 0.15) is 46.0 Å². The first-order valence-corrected chi connectivity index (χ1v) is 9.81. The van der Waals surface area contributed by atoms with Crippen LogP contribution in [0.25, 0.3) is 0 Å². The van der Waals surface area contributed by atoms with Gasteiger partial charge in [0.05, 0.1) is 0 Å². The number of benzene rings is 1. The van der Waals surface area contributed by atoms with E-state index in [9.17, 15) is 9.59 Å². The number of piperazine rings is 1. The zero-order valence-electron chi connectivity index (χ0n) is 16.1. The van der Waals surface area contributed by atoms with Gasteiger partial charge in [0, 0.05) is 50.5 Å². The van der Waals surface area contributed by atoms with Crippen molar-refractivity contribution in [1.29, 1.82) is 0 Å². The second kappa shape index (κ2) is 10.7. The van der Waals surface area contributed by atoms with Gasteiger partial charge in [-0.05, 0) is 37.6 Å². The van der Waals surface area contributed by atoms with Gasteiger partial charge in [-0.2, -0.15) is 0 Å². The highest BCUT2D eigenvalue weighted by Gasteiger charge is 2.20. The third-order valence-corrected chi connectivity index (χ3v) is 4.67. The molecule has 1 saturated heterocycles. The Morgan fingerprint density at radius 3 is 2.27 bits per heavy atom. The second-order valence-corrected chi connectivity index (χ2v) is 6.72. The van der Waals surface area contributed by atoms with E-state index in [-0.39, 0.29) is 11.9 Å². The summed E-state index contributed by atoms with van der Waals surface area (Å²) in [5, 5.41) is 5.81. The Morgan fingerprint density at radius 1 is 0.962 bits per heavy atom. The van der Waals surface area contributed by atoms with Gasteiger partial charge in [-0.1, -0.05) is 26.2 Å². The first-order chi connectivity index (χ1) is 12.6. The van der Waals surface area contributed by atoms with Gasteiger partial charge in [0.1, 0.15) is 0 Å². The van der Waals surface area contributed by atoms with Crippen molar-refractivity contribution < 1.29 is 9.59 Å². The maximum atomic E-state index is 12.0. The van der Waals surface area contributed by atoms with E-state index in [1.54, 1.807) is 0 Å². The zero-order valence-corrected chi connectivity index (χ0v) is 16.1. The number of unbranched alkanes of at least 4 members (excludes halogenated alkanes) is 3. The number of rotatable bonds is 8. The lowest BCUT2D eigenvalue weighted by Crippen LogP contribution is -2.51. The normalized spacial score (nSPS) is 14.2. The molecule has 2 rings (SSSR count). The summed E-state index contributed by atoms with van der Waals surface area (Å²) in [6.07, 6.45) is 5.03. The van der Waals surface area contributed by atoms with E-state index in [0.717, 1.165) is 50.4 Å². The molecule has 0 spiro atoms. The summed E-state index contributed by atoms with van der Waals surface area (Å²) in [6.45, 7) is 7.84. The predicted molar refractivity (Wildman–Crippen MR) is 107 cm³/mol. The van der Waals surface area contributed by atoms with Crippen molar-refractivity contribution in [2.45, 2.75) is 46.0 Å². The molecule has 1 aromatic rings. The molecule has 0 aromatic heterocycles. The van der Waals surface area contributed by atoms with Crippen LogP contribution in [-0.4, -0.2) is 49.6 Å². The van der Waals surface area contributed by atoms with Gasteiger partial charge in [-0.15, -0.1) is 0 Å². The van der Waals surface area contributed by atoms with Crippen LogP contribution in [0, 0.1) is 0 Å². The van der Waals surface area contributed by atoms with Gasteiger partial charge in [-0.25, -0.2) is 4.79 Å². The molecule has 1 aliphatic heterocycles. The summed E-state index contributed by atoms with van der Waals surface area (Å²) in [5.74, 6) is 0.0874. The van der Waals surface area contributed by atoms with E-state index in [1.165, 1.54) is 12.8 Å². The van der Waals surface area contributed by atoms with Crippen LogP contribution in [0.4, 0.5) is 16.2 Å². The number of amides is 3. The molecule has 0 aliphatic carbocycles. The Hall–Kier alpha value is -2.24. The fourth-order valence-electron chi connectivity index (χ4n) is 3.12. The maximum Gasteiger partial charge on any atom is 0.317 e. The van der Waals surface area contributed by atoms with Crippen LogP contribution < -0.4 is 15.5 Å². The van der Waals surface area contributed by atoms with Crippen LogP contribution in [0.3, 0.4) is 0 Å². The fraction of sp³-hybridized carbons (Fsp3) is 0.600. The topological polar surface area (TPSA) is 64.7 Å². The van der Waals surface area contributed by atoms with E-state index < -0.39 is 0 Å². The molecule has 1 heterocycles. The Kier molecular flexibility index (Phi) is 8.25. The first kappa shape index (κ1) is 20.1. The lowest BCUT2D eigenvalue weighted by atomic mass is 10.1. The maximum absolute atomic E-state index is 12.0. The first-order valence-electron chi connectivity index (χ1n) is 9.81. The van der Waals surface area contributed by atoms with Gasteiger partial charge in [0.25, 0.3) is 0 Å². The molecule has 3 amide bonds. The molecule has 6 heteroatoms. The number of hydrogen-bond acceptors (Lipinski definition) is 3. The van der Waals surface area contributed by atoms with E-state index >= 15 is 0 Å². The average Bonchev–Trinajstić information content (AvgIpc) is 2.66. The van der Waals surface area contributed by atoms with Gasteiger partial charge in [0.2, 0.25) is 5.91 Å². The summed E-state index contributed by atoms with van der Waals surface area (Å²) in [5.41, 5.74) is 1.97. The van der Waals surface area contributed by atoms with Gasteiger partial charge < -0.3 is 20.4 Å². The number of urea groups is 1. The van der Waals surface area contributed by atoms with Crippen molar-refractivity contribution in [3.8, 4) is 0 Å². The number of nitrogens with one attached hydrogen (secondary N) is 2. The molecule has 0 unspecified atom stereocenters. The van der Waals surface area contributed by atoms with E-state index in [2.05, 4.69) is 22.5 Å². The Morgan fingerprint density at radius 2 is 1.65 bits per heavy atom. The third-order valence-electron chi connectivity index (χ3n) is 4.67. The standard InChI is InChI=1S/C20H32N4O2/c1-3-5-6-7-8-19(25)22-17-9-11-18(12-10-17)23-13-15-24(16-14-23)20(26)21-4-2/h9-12H,3-8,13-16H2,1-2H3,(H,21,26)(H,22,25). The highest BCUT2D eigenvalue weighted by molar-refractivity contribution is 5.90. The van der Waals surface area contributed by atoms with Crippen molar-refractivity contribution in [2.75, 3.05) is 42.9 Å². The van der Waals surface area contributed by atoms with Crippen molar-refractivity contribution in [3.63, 3.8) is 0 Å². The van der Waals surface area contributed by atoms with E-state index in [0.29, 0.717) is 13.0 Å². The minimum Gasteiger partial charge on any atom is -0.368 e. The largest absolute Gasteiger partial charge is 0.368 e. The van der Waals surface area contributed by atoms with Crippen LogP contribution in [0.5, 0.6) is 0 Å².